The largest absolute Gasteiger partial charge is 0.313 e. The van der Waals surface area contributed by atoms with Crippen LogP contribution < -0.4 is 10.0 Å². The van der Waals surface area contributed by atoms with E-state index in [1.165, 1.54) is 12.8 Å². The second-order valence-corrected chi connectivity index (χ2v) is 7.20. The Morgan fingerprint density at radius 2 is 2.00 bits per heavy atom. The van der Waals surface area contributed by atoms with E-state index in [0.29, 0.717) is 23.9 Å². The Bertz CT molecular complexity index is 522. The third kappa shape index (κ3) is 4.30. The first-order chi connectivity index (χ1) is 9.62. The highest BCUT2D eigenvalue weighted by Crippen LogP contribution is 2.24. The fourth-order valence-corrected chi connectivity index (χ4v) is 3.80. The Balaban J connectivity index is 2.00. The van der Waals surface area contributed by atoms with Gasteiger partial charge in [0.2, 0.25) is 10.0 Å². The van der Waals surface area contributed by atoms with Crippen LogP contribution in [0.3, 0.4) is 0 Å². The van der Waals surface area contributed by atoms with E-state index in [-0.39, 0.29) is 0 Å². The van der Waals surface area contributed by atoms with Gasteiger partial charge in [-0.15, -0.1) is 0 Å². The summed E-state index contributed by atoms with van der Waals surface area (Å²) < 4.78 is 27.3. The molecule has 0 saturated heterocycles. The summed E-state index contributed by atoms with van der Waals surface area (Å²) in [6, 6.07) is 7.15. The van der Waals surface area contributed by atoms with Gasteiger partial charge in [-0.3, -0.25) is 0 Å². The van der Waals surface area contributed by atoms with Gasteiger partial charge < -0.3 is 5.32 Å². The molecule has 2 rings (SSSR count). The van der Waals surface area contributed by atoms with Crippen LogP contribution in [0, 0.1) is 5.92 Å². The minimum Gasteiger partial charge on any atom is -0.313 e. The lowest BCUT2D eigenvalue weighted by molar-refractivity contribution is 0.519. The van der Waals surface area contributed by atoms with Gasteiger partial charge in [-0.2, -0.15) is 0 Å². The molecule has 0 aromatic heterocycles. The van der Waals surface area contributed by atoms with E-state index < -0.39 is 10.0 Å². The van der Waals surface area contributed by atoms with E-state index in [1.54, 1.807) is 18.2 Å². The Morgan fingerprint density at radius 1 is 1.25 bits per heavy atom. The van der Waals surface area contributed by atoms with Crippen molar-refractivity contribution in [3.05, 3.63) is 29.8 Å². The minimum atomic E-state index is -3.37. The fraction of sp³-hybridized carbons (Fsp3) is 0.600. The van der Waals surface area contributed by atoms with Crippen molar-refractivity contribution in [3.63, 3.8) is 0 Å². The van der Waals surface area contributed by atoms with Crippen molar-refractivity contribution in [3.8, 4) is 0 Å². The summed E-state index contributed by atoms with van der Waals surface area (Å²) in [6.45, 7) is 4.17. The molecular formula is C15H24N2O2S. The Hall–Kier alpha value is -0.910. The topological polar surface area (TPSA) is 58.2 Å². The summed E-state index contributed by atoms with van der Waals surface area (Å²) in [5.74, 6) is 0.509. The van der Waals surface area contributed by atoms with Gasteiger partial charge in [-0.1, -0.05) is 31.9 Å². The van der Waals surface area contributed by atoms with E-state index in [9.17, 15) is 8.42 Å². The van der Waals surface area contributed by atoms with Crippen molar-refractivity contribution < 1.29 is 8.42 Å². The third-order valence-electron chi connectivity index (χ3n) is 3.82. The fourth-order valence-electron chi connectivity index (χ4n) is 2.62. The Labute approximate surface area is 122 Å². The summed E-state index contributed by atoms with van der Waals surface area (Å²) in [7, 11) is -3.37. The molecule has 1 aromatic carbocycles. The number of sulfonamides is 1. The van der Waals surface area contributed by atoms with Crippen LogP contribution in [0.25, 0.3) is 0 Å². The van der Waals surface area contributed by atoms with Gasteiger partial charge >= 0.3 is 0 Å². The maximum absolute atomic E-state index is 12.3. The smallest absolute Gasteiger partial charge is 0.240 e. The van der Waals surface area contributed by atoms with Gasteiger partial charge in [-0.25, -0.2) is 13.1 Å². The second-order valence-electron chi connectivity index (χ2n) is 5.43. The van der Waals surface area contributed by atoms with Gasteiger partial charge in [0.1, 0.15) is 0 Å². The molecule has 0 aliphatic heterocycles. The zero-order valence-electron chi connectivity index (χ0n) is 12.1. The van der Waals surface area contributed by atoms with Crippen LogP contribution >= 0.6 is 0 Å². The predicted octanol–water partition coefficient (Wildman–Crippen LogP) is 2.26. The molecule has 112 valence electrons. The van der Waals surface area contributed by atoms with Crippen molar-refractivity contribution >= 4 is 10.0 Å². The average Bonchev–Trinajstić information content (AvgIpc) is 2.97. The molecule has 0 radical (unpaired) electrons. The van der Waals surface area contributed by atoms with Crippen molar-refractivity contribution in [1.29, 1.82) is 0 Å². The normalized spacial score (nSPS) is 16.6. The summed E-state index contributed by atoms with van der Waals surface area (Å²) >= 11 is 0. The molecule has 1 aliphatic rings. The van der Waals surface area contributed by atoms with Crippen LogP contribution in [0.5, 0.6) is 0 Å². The molecule has 1 saturated carbocycles. The highest BCUT2D eigenvalue weighted by Gasteiger charge is 2.19. The van der Waals surface area contributed by atoms with Crippen LogP contribution in [0.4, 0.5) is 0 Å². The number of nitrogens with one attached hydrogen (secondary N) is 2. The molecule has 0 unspecified atom stereocenters. The van der Waals surface area contributed by atoms with E-state index in [0.717, 1.165) is 24.9 Å². The lowest BCUT2D eigenvalue weighted by atomic mass is 10.1. The van der Waals surface area contributed by atoms with Crippen molar-refractivity contribution in [2.75, 3.05) is 13.1 Å². The molecule has 0 bridgehead atoms. The maximum Gasteiger partial charge on any atom is 0.240 e. The van der Waals surface area contributed by atoms with Gasteiger partial charge in [0.05, 0.1) is 4.90 Å². The first-order valence-electron chi connectivity index (χ1n) is 7.41. The number of hydrogen-bond acceptors (Lipinski definition) is 3. The average molecular weight is 296 g/mol. The number of rotatable bonds is 7. The van der Waals surface area contributed by atoms with Gasteiger partial charge in [0, 0.05) is 13.1 Å². The SMILES string of the molecule is CCNCc1cccc(S(=O)(=O)NCC2CCCC2)c1. The number of benzene rings is 1. The van der Waals surface area contributed by atoms with Crippen LogP contribution in [0.1, 0.15) is 38.2 Å². The van der Waals surface area contributed by atoms with Crippen LogP contribution in [0.2, 0.25) is 0 Å². The Kier molecular flexibility index (Phi) is 5.57. The van der Waals surface area contributed by atoms with Crippen molar-refractivity contribution in [2.24, 2.45) is 5.92 Å². The maximum atomic E-state index is 12.3. The van der Waals surface area contributed by atoms with E-state index in [1.807, 2.05) is 13.0 Å². The van der Waals surface area contributed by atoms with Crippen LogP contribution in [-0.2, 0) is 16.6 Å². The van der Waals surface area contributed by atoms with E-state index in [2.05, 4.69) is 10.0 Å². The molecule has 0 heterocycles. The molecule has 0 amide bonds. The van der Waals surface area contributed by atoms with E-state index >= 15 is 0 Å². The van der Waals surface area contributed by atoms with Crippen LogP contribution in [0.15, 0.2) is 29.2 Å². The Morgan fingerprint density at radius 3 is 2.70 bits per heavy atom. The molecule has 1 fully saturated rings. The zero-order chi connectivity index (χ0) is 14.4. The molecule has 0 spiro atoms. The highest BCUT2D eigenvalue weighted by molar-refractivity contribution is 7.89. The quantitative estimate of drug-likeness (QED) is 0.811. The molecule has 1 aromatic rings. The monoisotopic (exact) mass is 296 g/mol. The molecule has 1 aliphatic carbocycles. The zero-order valence-corrected chi connectivity index (χ0v) is 12.9. The van der Waals surface area contributed by atoms with Crippen molar-refractivity contribution in [1.82, 2.24) is 10.0 Å². The van der Waals surface area contributed by atoms with Crippen molar-refractivity contribution in [2.45, 2.75) is 44.0 Å². The molecule has 0 atom stereocenters. The molecule has 20 heavy (non-hydrogen) atoms. The van der Waals surface area contributed by atoms with Crippen LogP contribution in [-0.4, -0.2) is 21.5 Å². The van der Waals surface area contributed by atoms with E-state index in [4.69, 9.17) is 0 Å². The first-order valence-corrected chi connectivity index (χ1v) is 8.89. The third-order valence-corrected chi connectivity index (χ3v) is 5.25. The lowest BCUT2D eigenvalue weighted by Gasteiger charge is -2.12. The molecule has 5 heteroatoms. The summed E-state index contributed by atoms with van der Waals surface area (Å²) in [6.07, 6.45) is 4.74. The molecule has 2 N–H and O–H groups in total. The summed E-state index contributed by atoms with van der Waals surface area (Å²) in [5, 5.41) is 3.20. The molecule has 4 nitrogen and oxygen atoms in total. The summed E-state index contributed by atoms with van der Waals surface area (Å²) in [5.41, 5.74) is 0.996. The standard InChI is InChI=1S/C15H24N2O2S/c1-2-16-11-14-8-5-9-15(10-14)20(18,19)17-12-13-6-3-4-7-13/h5,8-10,13,16-17H,2-4,6-7,11-12H2,1H3. The van der Waals surface area contributed by atoms with Gasteiger partial charge in [0.25, 0.3) is 0 Å². The predicted molar refractivity (Wildman–Crippen MR) is 81.0 cm³/mol. The lowest BCUT2D eigenvalue weighted by Crippen LogP contribution is -2.28. The summed E-state index contributed by atoms with van der Waals surface area (Å²) in [4.78, 5) is 0.367. The number of hydrogen-bond donors (Lipinski definition) is 2. The second kappa shape index (κ2) is 7.20. The van der Waals surface area contributed by atoms with Gasteiger partial charge in [0.15, 0.2) is 0 Å². The molecular weight excluding hydrogens is 272 g/mol. The first kappa shape index (κ1) is 15.5. The van der Waals surface area contributed by atoms with Gasteiger partial charge in [-0.05, 0) is 43.0 Å². The highest BCUT2D eigenvalue weighted by atomic mass is 32.2. The minimum absolute atomic E-state index is 0.367.